The molecule has 1 amide bonds. The summed E-state index contributed by atoms with van der Waals surface area (Å²) in [4.78, 5) is 18.3. The second-order valence-corrected chi connectivity index (χ2v) is 6.12. The van der Waals surface area contributed by atoms with Gasteiger partial charge in [-0.15, -0.1) is 0 Å². The molecule has 5 heteroatoms. The number of carbonyl (C=O) groups excluding carboxylic acids is 1. The minimum absolute atomic E-state index is 0.248. The van der Waals surface area contributed by atoms with Crippen LogP contribution in [-0.4, -0.2) is 58.2 Å². The van der Waals surface area contributed by atoms with Gasteiger partial charge in [0.25, 0.3) is 0 Å². The van der Waals surface area contributed by atoms with Crippen molar-refractivity contribution in [1.29, 1.82) is 0 Å². The van der Waals surface area contributed by atoms with Gasteiger partial charge in [-0.2, -0.15) is 0 Å². The lowest BCUT2D eigenvalue weighted by Crippen LogP contribution is -2.48. The number of nitrogens with zero attached hydrogens (tertiary/aromatic N) is 3. The first-order chi connectivity index (χ1) is 11.0. The molecule has 0 spiro atoms. The van der Waals surface area contributed by atoms with Gasteiger partial charge in [0.2, 0.25) is 5.91 Å². The molecule has 2 rings (SSSR count). The maximum atomic E-state index is 11.8. The van der Waals surface area contributed by atoms with Crippen LogP contribution in [0.4, 0.5) is 11.4 Å². The zero-order chi connectivity index (χ0) is 17.0. The predicted octanol–water partition coefficient (Wildman–Crippen LogP) is 2.38. The Morgan fingerprint density at radius 2 is 1.83 bits per heavy atom. The monoisotopic (exact) mass is 319 g/mol. The Labute approximate surface area is 139 Å². The van der Waals surface area contributed by atoms with E-state index in [0.717, 1.165) is 38.3 Å². The molecule has 0 bridgehead atoms. The molecule has 0 atom stereocenters. The molecule has 1 aromatic carbocycles. The Kier molecular flexibility index (Phi) is 5.74. The summed E-state index contributed by atoms with van der Waals surface area (Å²) in [6.45, 7) is 7.40. The SMILES string of the molecule is CCC(=O)N1CCN(c2cc(OC)c(CC)c(N(C)C)c2)CC1. The number of piperazine rings is 1. The molecule has 1 aliphatic heterocycles. The Hall–Kier alpha value is -1.91. The molecule has 5 nitrogen and oxygen atoms in total. The van der Waals surface area contributed by atoms with Gasteiger partial charge in [-0.1, -0.05) is 13.8 Å². The molecule has 23 heavy (non-hydrogen) atoms. The fraction of sp³-hybridized carbons (Fsp3) is 0.611. The van der Waals surface area contributed by atoms with Crippen molar-refractivity contribution in [3.8, 4) is 5.75 Å². The van der Waals surface area contributed by atoms with E-state index < -0.39 is 0 Å². The highest BCUT2D eigenvalue weighted by atomic mass is 16.5. The summed E-state index contributed by atoms with van der Waals surface area (Å²) in [5, 5.41) is 0. The Morgan fingerprint density at radius 1 is 1.17 bits per heavy atom. The third-order valence-electron chi connectivity index (χ3n) is 4.53. The minimum Gasteiger partial charge on any atom is -0.496 e. The summed E-state index contributed by atoms with van der Waals surface area (Å²) in [7, 11) is 5.86. The number of hydrogen-bond donors (Lipinski definition) is 0. The van der Waals surface area contributed by atoms with E-state index in [1.165, 1.54) is 16.9 Å². The summed E-state index contributed by atoms with van der Waals surface area (Å²) >= 11 is 0. The Balaban J connectivity index is 2.24. The number of ether oxygens (including phenoxy) is 1. The first-order valence-corrected chi connectivity index (χ1v) is 8.42. The molecule has 1 aliphatic rings. The lowest BCUT2D eigenvalue weighted by molar-refractivity contribution is -0.131. The molecular formula is C18H29N3O2. The van der Waals surface area contributed by atoms with Gasteiger partial charge in [-0.25, -0.2) is 0 Å². The zero-order valence-corrected chi connectivity index (χ0v) is 15.1. The van der Waals surface area contributed by atoms with Crippen molar-refractivity contribution in [2.45, 2.75) is 26.7 Å². The minimum atomic E-state index is 0.248. The van der Waals surface area contributed by atoms with Gasteiger partial charge in [0.15, 0.2) is 0 Å². The van der Waals surface area contributed by atoms with Crippen LogP contribution in [0.5, 0.6) is 5.75 Å². The van der Waals surface area contributed by atoms with E-state index in [-0.39, 0.29) is 5.91 Å². The second kappa shape index (κ2) is 7.57. The van der Waals surface area contributed by atoms with Crippen LogP contribution >= 0.6 is 0 Å². The maximum Gasteiger partial charge on any atom is 0.222 e. The average molecular weight is 319 g/mol. The second-order valence-electron chi connectivity index (χ2n) is 6.12. The number of methoxy groups -OCH3 is 1. The van der Waals surface area contributed by atoms with Crippen LogP contribution in [-0.2, 0) is 11.2 Å². The Morgan fingerprint density at radius 3 is 2.30 bits per heavy atom. The van der Waals surface area contributed by atoms with Gasteiger partial charge in [0, 0.05) is 69.7 Å². The molecule has 1 aromatic rings. The molecule has 0 saturated carbocycles. The van der Waals surface area contributed by atoms with Gasteiger partial charge >= 0.3 is 0 Å². The first kappa shape index (κ1) is 17.4. The summed E-state index contributed by atoms with van der Waals surface area (Å²) in [5.41, 5.74) is 3.61. The quantitative estimate of drug-likeness (QED) is 0.835. The third-order valence-corrected chi connectivity index (χ3v) is 4.53. The normalized spacial score (nSPS) is 14.8. The van der Waals surface area contributed by atoms with Crippen LogP contribution in [0, 0.1) is 0 Å². The molecule has 0 aliphatic carbocycles. The van der Waals surface area contributed by atoms with Gasteiger partial charge in [-0.3, -0.25) is 4.79 Å². The van der Waals surface area contributed by atoms with Crippen LogP contribution in [0.15, 0.2) is 12.1 Å². The molecule has 1 heterocycles. The van der Waals surface area contributed by atoms with Crippen molar-refractivity contribution in [3.63, 3.8) is 0 Å². The van der Waals surface area contributed by atoms with E-state index in [4.69, 9.17) is 4.74 Å². The Bertz CT molecular complexity index is 549. The van der Waals surface area contributed by atoms with Crippen molar-refractivity contribution in [2.24, 2.45) is 0 Å². The molecule has 0 radical (unpaired) electrons. The lowest BCUT2D eigenvalue weighted by Gasteiger charge is -2.37. The van der Waals surface area contributed by atoms with Gasteiger partial charge in [0.1, 0.15) is 5.75 Å². The van der Waals surface area contributed by atoms with Crippen LogP contribution in [0.3, 0.4) is 0 Å². The number of carbonyl (C=O) groups is 1. The van der Waals surface area contributed by atoms with Crippen molar-refractivity contribution < 1.29 is 9.53 Å². The highest BCUT2D eigenvalue weighted by molar-refractivity contribution is 5.76. The van der Waals surface area contributed by atoms with Crippen LogP contribution < -0.4 is 14.5 Å². The van der Waals surface area contributed by atoms with Crippen LogP contribution in [0.2, 0.25) is 0 Å². The van der Waals surface area contributed by atoms with Crippen LogP contribution in [0.25, 0.3) is 0 Å². The molecule has 1 fully saturated rings. The number of hydrogen-bond acceptors (Lipinski definition) is 4. The van der Waals surface area contributed by atoms with E-state index in [1.807, 2.05) is 11.8 Å². The smallest absolute Gasteiger partial charge is 0.222 e. The standard InChI is InChI=1S/C18H29N3O2/c1-6-15-16(19(3)4)12-14(13-17(15)23-5)20-8-10-21(11-9-20)18(22)7-2/h12-13H,6-11H2,1-5H3. The number of benzene rings is 1. The summed E-state index contributed by atoms with van der Waals surface area (Å²) in [5.74, 6) is 1.19. The zero-order valence-electron chi connectivity index (χ0n) is 15.1. The summed E-state index contributed by atoms with van der Waals surface area (Å²) < 4.78 is 5.62. The van der Waals surface area contributed by atoms with Crippen molar-refractivity contribution in [1.82, 2.24) is 4.90 Å². The molecule has 0 N–H and O–H groups in total. The van der Waals surface area contributed by atoms with Crippen molar-refractivity contribution >= 4 is 17.3 Å². The molecule has 128 valence electrons. The fourth-order valence-corrected chi connectivity index (χ4v) is 3.17. The van der Waals surface area contributed by atoms with Gasteiger partial charge < -0.3 is 19.4 Å². The lowest BCUT2D eigenvalue weighted by atomic mass is 10.1. The first-order valence-electron chi connectivity index (χ1n) is 8.42. The van der Waals surface area contributed by atoms with E-state index in [2.05, 4.69) is 43.0 Å². The number of amides is 1. The van der Waals surface area contributed by atoms with E-state index >= 15 is 0 Å². The van der Waals surface area contributed by atoms with Crippen molar-refractivity contribution in [3.05, 3.63) is 17.7 Å². The topological polar surface area (TPSA) is 36.0 Å². The third kappa shape index (κ3) is 3.71. The highest BCUT2D eigenvalue weighted by Crippen LogP contribution is 2.35. The predicted molar refractivity (Wildman–Crippen MR) is 95.8 cm³/mol. The van der Waals surface area contributed by atoms with Crippen LogP contribution in [0.1, 0.15) is 25.8 Å². The summed E-state index contributed by atoms with van der Waals surface area (Å²) in [6, 6.07) is 4.36. The largest absolute Gasteiger partial charge is 0.496 e. The molecule has 0 unspecified atom stereocenters. The van der Waals surface area contributed by atoms with Gasteiger partial charge in [0.05, 0.1) is 7.11 Å². The van der Waals surface area contributed by atoms with E-state index in [9.17, 15) is 4.79 Å². The molecule has 0 aromatic heterocycles. The maximum absolute atomic E-state index is 11.8. The molecular weight excluding hydrogens is 290 g/mol. The number of anilines is 2. The number of rotatable bonds is 5. The fourth-order valence-electron chi connectivity index (χ4n) is 3.17. The summed E-state index contributed by atoms with van der Waals surface area (Å²) in [6.07, 6.45) is 1.53. The van der Waals surface area contributed by atoms with Crippen molar-refractivity contribution in [2.75, 3.05) is 57.2 Å². The average Bonchev–Trinajstić information content (AvgIpc) is 2.59. The van der Waals surface area contributed by atoms with Gasteiger partial charge in [-0.05, 0) is 12.5 Å². The highest BCUT2D eigenvalue weighted by Gasteiger charge is 2.22. The molecule has 1 saturated heterocycles. The van der Waals surface area contributed by atoms with E-state index in [0.29, 0.717) is 6.42 Å². The van der Waals surface area contributed by atoms with E-state index in [1.54, 1.807) is 7.11 Å².